The SMILES string of the molecule is CC1=CC(Nc2nc(C(O)c3ccc(F)cc3)nc3c(F)cccc23)=NC1. The molecule has 1 atom stereocenters. The van der Waals surface area contributed by atoms with Crippen molar-refractivity contribution in [2.75, 3.05) is 11.9 Å². The van der Waals surface area contributed by atoms with Gasteiger partial charge in [-0.3, -0.25) is 4.99 Å². The molecule has 0 radical (unpaired) electrons. The molecule has 27 heavy (non-hydrogen) atoms. The van der Waals surface area contributed by atoms with E-state index in [2.05, 4.69) is 20.3 Å². The zero-order chi connectivity index (χ0) is 19.0. The van der Waals surface area contributed by atoms with E-state index in [1.165, 1.54) is 30.3 Å². The maximum atomic E-state index is 14.3. The number of benzene rings is 2. The lowest BCUT2D eigenvalue weighted by Gasteiger charge is -2.14. The Morgan fingerprint density at radius 1 is 1.07 bits per heavy atom. The highest BCUT2D eigenvalue weighted by atomic mass is 19.1. The highest BCUT2D eigenvalue weighted by Gasteiger charge is 2.19. The highest BCUT2D eigenvalue weighted by molar-refractivity contribution is 6.08. The van der Waals surface area contributed by atoms with Gasteiger partial charge in [-0.15, -0.1) is 0 Å². The lowest BCUT2D eigenvalue weighted by atomic mass is 10.1. The van der Waals surface area contributed by atoms with Gasteiger partial charge in [-0.1, -0.05) is 18.2 Å². The third kappa shape index (κ3) is 3.41. The van der Waals surface area contributed by atoms with Crippen LogP contribution >= 0.6 is 0 Å². The number of aliphatic imine (C=N–C) groups is 1. The third-order valence-corrected chi connectivity index (χ3v) is 4.25. The molecule has 1 aliphatic rings. The molecule has 2 aromatic carbocycles. The van der Waals surface area contributed by atoms with Crippen LogP contribution in [0.5, 0.6) is 0 Å². The van der Waals surface area contributed by atoms with Crippen molar-refractivity contribution in [1.29, 1.82) is 0 Å². The molecule has 0 bridgehead atoms. The molecule has 0 spiro atoms. The number of aliphatic hydroxyl groups excluding tert-OH is 1. The van der Waals surface area contributed by atoms with E-state index in [4.69, 9.17) is 0 Å². The first-order valence-electron chi connectivity index (χ1n) is 8.39. The molecule has 1 aliphatic heterocycles. The maximum absolute atomic E-state index is 14.3. The number of fused-ring (bicyclic) bond motifs is 1. The first-order valence-corrected chi connectivity index (χ1v) is 8.39. The van der Waals surface area contributed by atoms with Crippen molar-refractivity contribution in [2.45, 2.75) is 13.0 Å². The Bertz CT molecular complexity index is 1080. The Kier molecular flexibility index (Phi) is 4.37. The van der Waals surface area contributed by atoms with Crippen molar-refractivity contribution < 1.29 is 13.9 Å². The minimum absolute atomic E-state index is 0.0148. The van der Waals surface area contributed by atoms with Gasteiger partial charge < -0.3 is 10.4 Å². The Morgan fingerprint density at radius 3 is 2.56 bits per heavy atom. The van der Waals surface area contributed by atoms with E-state index < -0.39 is 17.7 Å². The number of hydrogen-bond acceptors (Lipinski definition) is 5. The highest BCUT2D eigenvalue weighted by Crippen LogP contribution is 2.27. The number of aromatic nitrogens is 2. The molecule has 0 fully saturated rings. The summed E-state index contributed by atoms with van der Waals surface area (Å²) in [6.45, 7) is 2.55. The second-order valence-corrected chi connectivity index (χ2v) is 6.34. The van der Waals surface area contributed by atoms with Gasteiger partial charge in [0.25, 0.3) is 0 Å². The molecule has 2 N–H and O–H groups in total. The number of amidine groups is 1. The fourth-order valence-electron chi connectivity index (χ4n) is 2.88. The molecular formula is C20H16F2N4O. The second-order valence-electron chi connectivity index (χ2n) is 6.34. The zero-order valence-electron chi connectivity index (χ0n) is 14.4. The van der Waals surface area contributed by atoms with E-state index in [9.17, 15) is 13.9 Å². The lowest BCUT2D eigenvalue weighted by molar-refractivity contribution is 0.210. The quantitative estimate of drug-likeness (QED) is 0.740. The summed E-state index contributed by atoms with van der Waals surface area (Å²) in [7, 11) is 0. The molecule has 7 heteroatoms. The van der Waals surface area contributed by atoms with E-state index in [1.54, 1.807) is 12.1 Å². The number of nitrogens with one attached hydrogen (secondary N) is 1. The van der Waals surface area contributed by atoms with Gasteiger partial charge in [-0.25, -0.2) is 18.7 Å². The topological polar surface area (TPSA) is 70.4 Å². The first kappa shape index (κ1) is 17.2. The van der Waals surface area contributed by atoms with Crippen LogP contribution in [0, 0.1) is 11.6 Å². The number of aliphatic hydroxyl groups is 1. The van der Waals surface area contributed by atoms with Crippen LogP contribution in [0.4, 0.5) is 14.6 Å². The van der Waals surface area contributed by atoms with Gasteiger partial charge in [0, 0.05) is 5.39 Å². The average Bonchev–Trinajstić information content (AvgIpc) is 3.07. The molecule has 0 saturated heterocycles. The van der Waals surface area contributed by atoms with Crippen molar-refractivity contribution in [3.8, 4) is 0 Å². The largest absolute Gasteiger partial charge is 0.380 e. The standard InChI is InChI=1S/C20H16F2N4O/c1-11-9-16(23-10-11)24-19-14-3-2-4-15(22)17(14)25-20(26-19)18(27)12-5-7-13(21)8-6-12/h2-9,18,27H,10H2,1H3,(H,23,24,25,26). The summed E-state index contributed by atoms with van der Waals surface area (Å²) in [6.07, 6.45) is 0.654. The first-order chi connectivity index (χ1) is 13.0. The normalized spacial score (nSPS) is 14.8. The van der Waals surface area contributed by atoms with Gasteiger partial charge in [0.05, 0.1) is 6.54 Å². The summed E-state index contributed by atoms with van der Waals surface area (Å²) in [5, 5.41) is 14.2. The van der Waals surface area contributed by atoms with Crippen LogP contribution in [0.15, 0.2) is 59.1 Å². The number of anilines is 1. The van der Waals surface area contributed by atoms with Gasteiger partial charge in [0.15, 0.2) is 5.82 Å². The van der Waals surface area contributed by atoms with E-state index in [1.807, 2.05) is 13.0 Å². The summed E-state index contributed by atoms with van der Waals surface area (Å²) in [6, 6.07) is 9.91. The number of rotatable bonds is 3. The minimum atomic E-state index is -1.22. The summed E-state index contributed by atoms with van der Waals surface area (Å²) in [5.41, 5.74) is 1.59. The van der Waals surface area contributed by atoms with Crippen molar-refractivity contribution in [2.24, 2.45) is 4.99 Å². The van der Waals surface area contributed by atoms with Crippen molar-refractivity contribution in [3.63, 3.8) is 0 Å². The monoisotopic (exact) mass is 366 g/mol. The van der Waals surface area contributed by atoms with E-state index in [0.717, 1.165) is 5.57 Å². The number of hydrogen-bond donors (Lipinski definition) is 2. The molecule has 1 aromatic heterocycles. The molecule has 5 nitrogen and oxygen atoms in total. The average molecular weight is 366 g/mol. The second kappa shape index (κ2) is 6.85. The van der Waals surface area contributed by atoms with Crippen molar-refractivity contribution >= 4 is 22.6 Å². The minimum Gasteiger partial charge on any atom is -0.380 e. The van der Waals surface area contributed by atoms with Gasteiger partial charge in [0.1, 0.15) is 34.9 Å². The molecule has 0 amide bonds. The summed E-state index contributed by atoms with van der Waals surface area (Å²) in [4.78, 5) is 12.9. The molecule has 4 rings (SSSR count). The Morgan fingerprint density at radius 2 is 1.85 bits per heavy atom. The number of para-hydroxylation sites is 1. The number of nitrogens with zero attached hydrogens (tertiary/aromatic N) is 3. The van der Waals surface area contributed by atoms with Crippen molar-refractivity contribution in [3.05, 3.63) is 77.1 Å². The van der Waals surface area contributed by atoms with E-state index in [-0.39, 0.29) is 11.3 Å². The predicted molar refractivity (Wildman–Crippen MR) is 99.6 cm³/mol. The predicted octanol–water partition coefficient (Wildman–Crippen LogP) is 3.76. The number of halogens is 2. The molecule has 2 heterocycles. The van der Waals surface area contributed by atoms with Gasteiger partial charge in [-0.05, 0) is 48.4 Å². The fraction of sp³-hybridized carbons (Fsp3) is 0.150. The summed E-state index contributed by atoms with van der Waals surface area (Å²) >= 11 is 0. The summed E-state index contributed by atoms with van der Waals surface area (Å²) < 4.78 is 27.5. The van der Waals surface area contributed by atoms with Crippen LogP contribution in [-0.4, -0.2) is 27.5 Å². The van der Waals surface area contributed by atoms with Gasteiger partial charge in [-0.2, -0.15) is 0 Å². The van der Waals surface area contributed by atoms with Crippen LogP contribution in [0.1, 0.15) is 24.4 Å². The van der Waals surface area contributed by atoms with E-state index in [0.29, 0.717) is 29.1 Å². The van der Waals surface area contributed by atoms with Crippen LogP contribution in [0.3, 0.4) is 0 Å². The molecular weight excluding hydrogens is 350 g/mol. The third-order valence-electron chi connectivity index (χ3n) is 4.25. The zero-order valence-corrected chi connectivity index (χ0v) is 14.4. The van der Waals surface area contributed by atoms with Crippen LogP contribution in [-0.2, 0) is 0 Å². The van der Waals surface area contributed by atoms with Crippen LogP contribution < -0.4 is 5.32 Å². The Balaban J connectivity index is 1.81. The lowest BCUT2D eigenvalue weighted by Crippen LogP contribution is -2.13. The maximum Gasteiger partial charge on any atom is 0.164 e. The molecule has 3 aromatic rings. The van der Waals surface area contributed by atoms with Crippen LogP contribution in [0.2, 0.25) is 0 Å². The summed E-state index contributed by atoms with van der Waals surface area (Å²) in [5.74, 6) is 0.0334. The van der Waals surface area contributed by atoms with Gasteiger partial charge >= 0.3 is 0 Å². The Labute approximate surface area is 154 Å². The van der Waals surface area contributed by atoms with Crippen molar-refractivity contribution in [1.82, 2.24) is 9.97 Å². The Hall–Kier alpha value is -3.19. The molecule has 0 saturated carbocycles. The van der Waals surface area contributed by atoms with Crippen LogP contribution in [0.25, 0.3) is 10.9 Å². The molecule has 1 unspecified atom stereocenters. The fourth-order valence-corrected chi connectivity index (χ4v) is 2.88. The van der Waals surface area contributed by atoms with E-state index >= 15 is 0 Å². The molecule has 0 aliphatic carbocycles. The molecule has 136 valence electrons. The smallest absolute Gasteiger partial charge is 0.164 e. The van der Waals surface area contributed by atoms with Gasteiger partial charge in [0.2, 0.25) is 0 Å².